The molecule has 0 spiro atoms. The summed E-state index contributed by atoms with van der Waals surface area (Å²) in [6, 6.07) is 0. The predicted octanol–water partition coefficient (Wildman–Crippen LogP) is 3.71. The van der Waals surface area contributed by atoms with Crippen molar-refractivity contribution in [1.29, 1.82) is 0 Å². The summed E-state index contributed by atoms with van der Waals surface area (Å²) in [4.78, 5) is 14.8. The minimum atomic E-state index is 0.103. The first-order valence-electron chi connectivity index (χ1n) is 8.65. The molecule has 1 rings (SSSR count). The van der Waals surface area contributed by atoms with Gasteiger partial charge in [0.05, 0.1) is 0 Å². The lowest BCUT2D eigenvalue weighted by Crippen LogP contribution is -2.41. The topological polar surface area (TPSA) is 46.3 Å². The van der Waals surface area contributed by atoms with Gasteiger partial charge in [-0.05, 0) is 37.6 Å². The molecule has 1 fully saturated rings. The lowest BCUT2D eigenvalue weighted by molar-refractivity contribution is -0.134. The zero-order chi connectivity index (χ0) is 14.8. The van der Waals surface area contributed by atoms with Crippen LogP contribution in [0.25, 0.3) is 0 Å². The van der Waals surface area contributed by atoms with Crippen LogP contribution in [0.5, 0.6) is 0 Å². The number of carbonyl (C=O) groups excluding carboxylic acids is 1. The molecule has 2 N–H and O–H groups in total. The van der Waals surface area contributed by atoms with Crippen molar-refractivity contribution in [2.75, 3.05) is 19.6 Å². The summed E-state index contributed by atoms with van der Waals surface area (Å²) >= 11 is 0. The summed E-state index contributed by atoms with van der Waals surface area (Å²) in [5.74, 6) is 0.347. The van der Waals surface area contributed by atoms with Crippen LogP contribution in [0.2, 0.25) is 0 Å². The highest BCUT2D eigenvalue weighted by atomic mass is 16.2. The van der Waals surface area contributed by atoms with Gasteiger partial charge >= 0.3 is 0 Å². The number of amides is 1. The molecule has 1 aliphatic carbocycles. The van der Waals surface area contributed by atoms with Crippen molar-refractivity contribution in [2.45, 2.75) is 78.1 Å². The van der Waals surface area contributed by atoms with E-state index in [1.165, 1.54) is 19.3 Å². The number of unbranched alkanes of at least 4 members (excludes halogenated alkanes) is 2. The van der Waals surface area contributed by atoms with Crippen LogP contribution in [0.15, 0.2) is 0 Å². The molecule has 118 valence electrons. The first-order valence-corrected chi connectivity index (χ1v) is 8.65. The standard InChI is InChI=1S/C17H34N2O/c1-3-5-12-19(13-6-4-2)16(20)14-17(15-18)10-8-7-9-11-17/h3-15,18H2,1-2H3. The van der Waals surface area contributed by atoms with Gasteiger partial charge in [-0.25, -0.2) is 0 Å². The van der Waals surface area contributed by atoms with Crippen molar-refractivity contribution >= 4 is 5.91 Å². The number of rotatable bonds is 9. The van der Waals surface area contributed by atoms with Crippen LogP contribution in [-0.4, -0.2) is 30.4 Å². The molecular weight excluding hydrogens is 248 g/mol. The van der Waals surface area contributed by atoms with E-state index < -0.39 is 0 Å². The van der Waals surface area contributed by atoms with Crippen molar-refractivity contribution in [1.82, 2.24) is 4.90 Å². The Balaban J connectivity index is 2.57. The third kappa shape index (κ3) is 5.43. The van der Waals surface area contributed by atoms with Crippen molar-refractivity contribution in [2.24, 2.45) is 11.1 Å². The van der Waals surface area contributed by atoms with E-state index in [1.807, 2.05) is 0 Å². The average Bonchev–Trinajstić information content (AvgIpc) is 2.48. The summed E-state index contributed by atoms with van der Waals surface area (Å²) in [7, 11) is 0. The summed E-state index contributed by atoms with van der Waals surface area (Å²) in [5.41, 5.74) is 6.12. The molecule has 3 nitrogen and oxygen atoms in total. The van der Waals surface area contributed by atoms with E-state index in [1.54, 1.807) is 0 Å². The maximum absolute atomic E-state index is 12.7. The molecule has 0 radical (unpaired) electrons. The highest BCUT2D eigenvalue weighted by Crippen LogP contribution is 2.38. The van der Waals surface area contributed by atoms with Crippen LogP contribution in [0, 0.1) is 5.41 Å². The lowest BCUT2D eigenvalue weighted by atomic mass is 9.71. The molecule has 0 heterocycles. The highest BCUT2D eigenvalue weighted by Gasteiger charge is 2.34. The molecule has 1 saturated carbocycles. The molecule has 3 heteroatoms. The number of hydrogen-bond donors (Lipinski definition) is 1. The fourth-order valence-electron chi connectivity index (χ4n) is 3.25. The van der Waals surface area contributed by atoms with E-state index >= 15 is 0 Å². The zero-order valence-corrected chi connectivity index (χ0v) is 13.6. The van der Waals surface area contributed by atoms with E-state index in [9.17, 15) is 4.79 Å². The molecule has 0 aromatic carbocycles. The Kier molecular flexibility index (Phi) is 8.20. The third-order valence-corrected chi connectivity index (χ3v) is 4.79. The molecule has 20 heavy (non-hydrogen) atoms. The third-order valence-electron chi connectivity index (χ3n) is 4.79. The van der Waals surface area contributed by atoms with Crippen LogP contribution >= 0.6 is 0 Å². The fourth-order valence-corrected chi connectivity index (χ4v) is 3.25. The number of nitrogens with two attached hydrogens (primary N) is 1. The number of hydrogen-bond acceptors (Lipinski definition) is 2. The van der Waals surface area contributed by atoms with E-state index in [4.69, 9.17) is 5.73 Å². The van der Waals surface area contributed by atoms with Crippen LogP contribution in [0.1, 0.15) is 78.1 Å². The van der Waals surface area contributed by atoms with Gasteiger partial charge in [0.1, 0.15) is 0 Å². The van der Waals surface area contributed by atoms with Gasteiger partial charge in [0.15, 0.2) is 0 Å². The molecule has 0 unspecified atom stereocenters. The van der Waals surface area contributed by atoms with Gasteiger partial charge in [-0.1, -0.05) is 46.0 Å². The minimum Gasteiger partial charge on any atom is -0.343 e. The molecule has 0 atom stereocenters. The largest absolute Gasteiger partial charge is 0.343 e. The minimum absolute atomic E-state index is 0.103. The molecule has 0 saturated heterocycles. The Hall–Kier alpha value is -0.570. The SMILES string of the molecule is CCCCN(CCCC)C(=O)CC1(CN)CCCCC1. The normalized spacial score (nSPS) is 17.9. The summed E-state index contributed by atoms with van der Waals surface area (Å²) < 4.78 is 0. The van der Waals surface area contributed by atoms with Gasteiger partial charge in [0, 0.05) is 19.5 Å². The molecule has 0 aliphatic heterocycles. The Morgan fingerprint density at radius 1 is 1.05 bits per heavy atom. The maximum atomic E-state index is 12.7. The van der Waals surface area contributed by atoms with Gasteiger partial charge in [-0.15, -0.1) is 0 Å². The molecule has 1 amide bonds. The number of carbonyl (C=O) groups is 1. The fraction of sp³-hybridized carbons (Fsp3) is 0.941. The van der Waals surface area contributed by atoms with Gasteiger partial charge in [-0.3, -0.25) is 4.79 Å². The second-order valence-electron chi connectivity index (χ2n) is 6.53. The lowest BCUT2D eigenvalue weighted by Gasteiger charge is -2.37. The van der Waals surface area contributed by atoms with E-state index in [0.29, 0.717) is 18.9 Å². The average molecular weight is 282 g/mol. The van der Waals surface area contributed by atoms with Gasteiger partial charge < -0.3 is 10.6 Å². The molecular formula is C17H34N2O. The smallest absolute Gasteiger partial charge is 0.223 e. The van der Waals surface area contributed by atoms with E-state index in [0.717, 1.165) is 51.6 Å². The predicted molar refractivity (Wildman–Crippen MR) is 85.6 cm³/mol. The highest BCUT2D eigenvalue weighted by molar-refractivity contribution is 5.77. The van der Waals surface area contributed by atoms with Gasteiger partial charge in [0.25, 0.3) is 0 Å². The monoisotopic (exact) mass is 282 g/mol. The number of nitrogens with zero attached hydrogens (tertiary/aromatic N) is 1. The molecule has 1 aliphatic rings. The maximum Gasteiger partial charge on any atom is 0.223 e. The Labute approximate surface area is 125 Å². The van der Waals surface area contributed by atoms with Crippen LogP contribution < -0.4 is 5.73 Å². The zero-order valence-electron chi connectivity index (χ0n) is 13.6. The Bertz CT molecular complexity index is 264. The van der Waals surface area contributed by atoms with Crippen molar-refractivity contribution < 1.29 is 4.79 Å². The van der Waals surface area contributed by atoms with E-state index in [-0.39, 0.29) is 5.41 Å². The second kappa shape index (κ2) is 9.38. The molecule has 0 bridgehead atoms. The second-order valence-corrected chi connectivity index (χ2v) is 6.53. The molecule has 0 aromatic heterocycles. The van der Waals surface area contributed by atoms with Crippen molar-refractivity contribution in [3.05, 3.63) is 0 Å². The van der Waals surface area contributed by atoms with Crippen molar-refractivity contribution in [3.63, 3.8) is 0 Å². The van der Waals surface area contributed by atoms with Gasteiger partial charge in [-0.2, -0.15) is 0 Å². The molecule has 0 aromatic rings. The van der Waals surface area contributed by atoms with Crippen LogP contribution in [0.3, 0.4) is 0 Å². The first kappa shape index (κ1) is 17.5. The quantitative estimate of drug-likeness (QED) is 0.700. The summed E-state index contributed by atoms with van der Waals surface area (Å²) in [5, 5.41) is 0. The van der Waals surface area contributed by atoms with Crippen LogP contribution in [-0.2, 0) is 4.79 Å². The Morgan fingerprint density at radius 3 is 2.05 bits per heavy atom. The van der Waals surface area contributed by atoms with Crippen molar-refractivity contribution in [3.8, 4) is 0 Å². The first-order chi connectivity index (χ1) is 9.67. The van der Waals surface area contributed by atoms with E-state index in [2.05, 4.69) is 18.7 Å². The summed E-state index contributed by atoms with van der Waals surface area (Å²) in [6.45, 7) is 6.90. The van der Waals surface area contributed by atoms with Gasteiger partial charge in [0.2, 0.25) is 5.91 Å². The Morgan fingerprint density at radius 2 is 1.60 bits per heavy atom. The summed E-state index contributed by atoms with van der Waals surface area (Å²) in [6.07, 6.45) is 11.3. The van der Waals surface area contributed by atoms with Crippen LogP contribution in [0.4, 0.5) is 0 Å².